The van der Waals surface area contributed by atoms with Crippen molar-refractivity contribution in [3.8, 4) is 11.5 Å². The molecule has 20 heavy (non-hydrogen) atoms. The van der Waals surface area contributed by atoms with E-state index < -0.39 is 6.09 Å². The summed E-state index contributed by atoms with van der Waals surface area (Å²) in [6.45, 7) is 1.13. The molecule has 0 aromatic heterocycles. The van der Waals surface area contributed by atoms with E-state index in [2.05, 4.69) is 5.32 Å². The lowest BCUT2D eigenvalue weighted by Gasteiger charge is -2.10. The second-order valence-electron chi connectivity index (χ2n) is 3.99. The Hall–Kier alpha value is -1.95. The highest BCUT2D eigenvalue weighted by atomic mass is 16.6. The van der Waals surface area contributed by atoms with Crippen molar-refractivity contribution in [3.05, 3.63) is 23.8 Å². The van der Waals surface area contributed by atoms with Crippen molar-refractivity contribution in [2.45, 2.75) is 6.42 Å². The number of carbonyl (C=O) groups excluding carboxylic acids is 1. The van der Waals surface area contributed by atoms with Crippen LogP contribution >= 0.6 is 0 Å². The average molecular weight is 283 g/mol. The minimum atomic E-state index is -0.442. The number of alkyl carbamates (subject to hydrolysis) is 1. The molecule has 1 amide bonds. The van der Waals surface area contributed by atoms with Crippen molar-refractivity contribution in [2.24, 2.45) is 0 Å². The normalized spacial score (nSPS) is 9.95. The molecule has 0 spiro atoms. The fourth-order valence-corrected chi connectivity index (χ4v) is 1.61. The molecule has 0 atom stereocenters. The Bertz CT molecular complexity index is 422. The smallest absolute Gasteiger partial charge is 0.407 e. The summed E-state index contributed by atoms with van der Waals surface area (Å²) >= 11 is 0. The molecular formula is C14H21NO5. The number of hydrogen-bond donors (Lipinski definition) is 1. The zero-order valence-electron chi connectivity index (χ0n) is 12.1. The SMILES string of the molecule is COCCOC(=O)NCCc1ccc(OC)c(OC)c1. The first kappa shape index (κ1) is 16.1. The number of ether oxygens (including phenoxy) is 4. The van der Waals surface area contributed by atoms with E-state index >= 15 is 0 Å². The second-order valence-corrected chi connectivity index (χ2v) is 3.99. The van der Waals surface area contributed by atoms with Gasteiger partial charge in [-0.2, -0.15) is 0 Å². The zero-order chi connectivity index (χ0) is 14.8. The first-order valence-electron chi connectivity index (χ1n) is 6.31. The Morgan fingerprint density at radius 3 is 2.50 bits per heavy atom. The van der Waals surface area contributed by atoms with Gasteiger partial charge in [0.15, 0.2) is 11.5 Å². The van der Waals surface area contributed by atoms with Crippen LogP contribution in [0.5, 0.6) is 11.5 Å². The molecule has 1 rings (SSSR count). The number of hydrogen-bond acceptors (Lipinski definition) is 5. The minimum Gasteiger partial charge on any atom is -0.493 e. The molecule has 0 aliphatic rings. The summed E-state index contributed by atoms with van der Waals surface area (Å²) in [5, 5.41) is 2.67. The van der Waals surface area contributed by atoms with Crippen LogP contribution in [0.4, 0.5) is 4.79 Å². The Morgan fingerprint density at radius 1 is 1.10 bits per heavy atom. The van der Waals surface area contributed by atoms with E-state index in [1.165, 1.54) is 0 Å². The number of carbonyl (C=O) groups is 1. The summed E-state index contributed by atoms with van der Waals surface area (Å²) in [4.78, 5) is 11.3. The number of benzene rings is 1. The minimum absolute atomic E-state index is 0.249. The largest absolute Gasteiger partial charge is 0.493 e. The van der Waals surface area contributed by atoms with Crippen LogP contribution < -0.4 is 14.8 Å². The van der Waals surface area contributed by atoms with Crippen LogP contribution in [0, 0.1) is 0 Å². The van der Waals surface area contributed by atoms with Gasteiger partial charge in [0.2, 0.25) is 0 Å². The van der Waals surface area contributed by atoms with Gasteiger partial charge in [-0.25, -0.2) is 4.79 Å². The van der Waals surface area contributed by atoms with Crippen molar-refractivity contribution in [1.82, 2.24) is 5.32 Å². The van der Waals surface area contributed by atoms with Crippen LogP contribution in [-0.4, -0.2) is 47.2 Å². The van der Waals surface area contributed by atoms with Gasteiger partial charge in [-0.1, -0.05) is 6.07 Å². The molecule has 0 fully saturated rings. The topological polar surface area (TPSA) is 66.0 Å². The summed E-state index contributed by atoms with van der Waals surface area (Å²) in [5.41, 5.74) is 1.04. The van der Waals surface area contributed by atoms with Gasteiger partial charge in [-0.3, -0.25) is 0 Å². The fraction of sp³-hybridized carbons (Fsp3) is 0.500. The maximum atomic E-state index is 11.3. The standard InChI is InChI=1S/C14H21NO5/c1-17-8-9-20-14(16)15-7-6-11-4-5-12(18-2)13(10-11)19-3/h4-5,10H,6-9H2,1-3H3,(H,15,16). The van der Waals surface area contributed by atoms with E-state index in [0.717, 1.165) is 5.56 Å². The van der Waals surface area contributed by atoms with Gasteiger partial charge < -0.3 is 24.3 Å². The van der Waals surface area contributed by atoms with Crippen LogP contribution in [0.15, 0.2) is 18.2 Å². The van der Waals surface area contributed by atoms with Crippen molar-refractivity contribution in [2.75, 3.05) is 41.1 Å². The molecule has 0 radical (unpaired) electrons. The van der Waals surface area contributed by atoms with Gasteiger partial charge in [0.1, 0.15) is 6.61 Å². The molecule has 1 aromatic carbocycles. The van der Waals surface area contributed by atoms with Gasteiger partial charge in [-0.05, 0) is 24.1 Å². The predicted octanol–water partition coefficient (Wildman–Crippen LogP) is 1.62. The Labute approximate surface area is 119 Å². The lowest BCUT2D eigenvalue weighted by Crippen LogP contribution is -2.27. The molecule has 112 valence electrons. The third-order valence-electron chi connectivity index (χ3n) is 2.65. The van der Waals surface area contributed by atoms with E-state index in [-0.39, 0.29) is 6.61 Å². The lowest BCUT2D eigenvalue weighted by molar-refractivity contribution is 0.0987. The zero-order valence-corrected chi connectivity index (χ0v) is 12.1. The summed E-state index contributed by atoms with van der Waals surface area (Å²) < 4.78 is 20.0. The van der Waals surface area contributed by atoms with Crippen molar-refractivity contribution in [1.29, 1.82) is 0 Å². The lowest BCUT2D eigenvalue weighted by atomic mass is 10.1. The first-order valence-corrected chi connectivity index (χ1v) is 6.31. The summed E-state index contributed by atoms with van der Waals surface area (Å²) in [5.74, 6) is 1.36. The molecule has 0 saturated carbocycles. The van der Waals surface area contributed by atoms with Crippen LogP contribution in [0.25, 0.3) is 0 Å². The average Bonchev–Trinajstić information content (AvgIpc) is 2.47. The Kier molecular flexibility index (Phi) is 7.27. The number of amides is 1. The quantitative estimate of drug-likeness (QED) is 0.734. The highest BCUT2D eigenvalue weighted by Gasteiger charge is 2.05. The monoisotopic (exact) mass is 283 g/mol. The maximum Gasteiger partial charge on any atom is 0.407 e. The summed E-state index contributed by atoms with van der Waals surface area (Å²) in [6, 6.07) is 5.65. The predicted molar refractivity (Wildman–Crippen MR) is 74.5 cm³/mol. The molecule has 6 nitrogen and oxygen atoms in total. The molecular weight excluding hydrogens is 262 g/mol. The summed E-state index contributed by atoms with van der Waals surface area (Å²) in [7, 11) is 4.74. The second kappa shape index (κ2) is 9.03. The number of methoxy groups -OCH3 is 3. The first-order chi connectivity index (χ1) is 9.71. The molecule has 1 aromatic rings. The van der Waals surface area contributed by atoms with Crippen molar-refractivity contribution in [3.63, 3.8) is 0 Å². The van der Waals surface area contributed by atoms with Crippen molar-refractivity contribution < 1.29 is 23.7 Å². The van der Waals surface area contributed by atoms with Crippen LogP contribution in [0.3, 0.4) is 0 Å². The fourth-order valence-electron chi connectivity index (χ4n) is 1.61. The highest BCUT2D eigenvalue weighted by Crippen LogP contribution is 2.27. The van der Waals surface area contributed by atoms with Gasteiger partial charge in [0.05, 0.1) is 20.8 Å². The van der Waals surface area contributed by atoms with E-state index in [1.807, 2.05) is 18.2 Å². The van der Waals surface area contributed by atoms with Crippen molar-refractivity contribution >= 4 is 6.09 Å². The van der Waals surface area contributed by atoms with Gasteiger partial charge >= 0.3 is 6.09 Å². The molecule has 0 heterocycles. The maximum absolute atomic E-state index is 11.3. The molecule has 0 aliphatic carbocycles. The van der Waals surface area contributed by atoms with Crippen LogP contribution in [-0.2, 0) is 15.9 Å². The molecule has 0 bridgehead atoms. The molecule has 0 saturated heterocycles. The Morgan fingerprint density at radius 2 is 1.85 bits per heavy atom. The van der Waals surface area contributed by atoms with Crippen LogP contribution in [0.2, 0.25) is 0 Å². The third-order valence-corrected chi connectivity index (χ3v) is 2.65. The van der Waals surface area contributed by atoms with E-state index in [4.69, 9.17) is 18.9 Å². The van der Waals surface area contributed by atoms with Crippen LogP contribution in [0.1, 0.15) is 5.56 Å². The number of nitrogens with one attached hydrogen (secondary N) is 1. The highest BCUT2D eigenvalue weighted by molar-refractivity contribution is 5.67. The van der Waals surface area contributed by atoms with E-state index in [0.29, 0.717) is 31.1 Å². The van der Waals surface area contributed by atoms with Gasteiger partial charge in [0, 0.05) is 13.7 Å². The summed E-state index contributed by atoms with van der Waals surface area (Å²) in [6.07, 6.45) is 0.238. The molecule has 1 N–H and O–H groups in total. The molecule has 6 heteroatoms. The van der Waals surface area contributed by atoms with Gasteiger partial charge in [0.25, 0.3) is 0 Å². The Balaban J connectivity index is 2.36. The van der Waals surface area contributed by atoms with Gasteiger partial charge in [-0.15, -0.1) is 0 Å². The molecule has 0 unspecified atom stereocenters. The number of rotatable bonds is 8. The third kappa shape index (κ3) is 5.36. The molecule has 0 aliphatic heterocycles. The van der Waals surface area contributed by atoms with E-state index in [1.54, 1.807) is 21.3 Å². The van der Waals surface area contributed by atoms with E-state index in [9.17, 15) is 4.79 Å².